The minimum Gasteiger partial charge on any atom is -0.382 e. The average Bonchev–Trinajstić information content (AvgIpc) is 2.65. The fourth-order valence-corrected chi connectivity index (χ4v) is 2.61. The predicted octanol–water partition coefficient (Wildman–Crippen LogP) is -0.160. The van der Waals surface area contributed by atoms with Crippen LogP contribution in [0.1, 0.15) is 12.8 Å². The van der Waals surface area contributed by atoms with Gasteiger partial charge >= 0.3 is 6.18 Å². The number of aliphatic hydroxyl groups is 1. The zero-order valence-electron chi connectivity index (χ0n) is 8.37. The second-order valence-electron chi connectivity index (χ2n) is 3.52. The molecule has 0 amide bonds. The zero-order chi connectivity index (χ0) is 12.4. The van der Waals surface area contributed by atoms with Crippen molar-refractivity contribution in [3.8, 4) is 0 Å². The van der Waals surface area contributed by atoms with Gasteiger partial charge < -0.3 is 5.11 Å². The summed E-state index contributed by atoms with van der Waals surface area (Å²) in [4.78, 5) is 0. The van der Waals surface area contributed by atoms with E-state index in [2.05, 4.69) is 0 Å². The molecule has 5 nitrogen and oxygen atoms in total. The summed E-state index contributed by atoms with van der Waals surface area (Å²) in [5.41, 5.74) is 0. The number of nitrogens with zero attached hydrogens (tertiary/aromatic N) is 1. The summed E-state index contributed by atoms with van der Waals surface area (Å²) in [6, 6.07) is 0. The summed E-state index contributed by atoms with van der Waals surface area (Å²) in [7, 11) is -3.89. The highest BCUT2D eigenvalue weighted by Crippen LogP contribution is 2.19. The predicted molar refractivity (Wildman–Crippen MR) is 49.8 cm³/mol. The average molecular weight is 262 g/mol. The first kappa shape index (κ1) is 13.7. The summed E-state index contributed by atoms with van der Waals surface area (Å²) < 4.78 is 61.3. The fraction of sp³-hybridized carbons (Fsp3) is 1.00. The molecule has 2 N–H and O–H groups in total. The summed E-state index contributed by atoms with van der Waals surface area (Å²) >= 11 is 0. The highest BCUT2D eigenvalue weighted by molar-refractivity contribution is 7.87. The number of hydrogen-bond donors (Lipinski definition) is 2. The Kier molecular flexibility index (Phi) is 4.16. The van der Waals surface area contributed by atoms with Crippen LogP contribution in [0.25, 0.3) is 0 Å². The summed E-state index contributed by atoms with van der Waals surface area (Å²) in [6.07, 6.45) is -6.09. The van der Waals surface area contributed by atoms with E-state index in [1.54, 1.807) is 4.72 Å². The SMILES string of the molecule is O=S(=O)(NCC(O)C(F)(F)F)N1CCCC1. The van der Waals surface area contributed by atoms with Crippen LogP contribution in [0.15, 0.2) is 0 Å². The van der Waals surface area contributed by atoms with E-state index < -0.39 is 29.0 Å². The molecule has 1 atom stereocenters. The fourth-order valence-electron chi connectivity index (χ4n) is 1.32. The van der Waals surface area contributed by atoms with Crippen LogP contribution in [-0.4, -0.2) is 49.7 Å². The number of hydrogen-bond acceptors (Lipinski definition) is 3. The van der Waals surface area contributed by atoms with Crippen molar-refractivity contribution in [3.05, 3.63) is 0 Å². The van der Waals surface area contributed by atoms with E-state index >= 15 is 0 Å². The van der Waals surface area contributed by atoms with Crippen LogP contribution in [0, 0.1) is 0 Å². The third-order valence-electron chi connectivity index (χ3n) is 2.24. The van der Waals surface area contributed by atoms with E-state index in [-0.39, 0.29) is 0 Å². The van der Waals surface area contributed by atoms with E-state index in [9.17, 15) is 21.6 Å². The Bertz CT molecular complexity index is 324. The van der Waals surface area contributed by atoms with Crippen molar-refractivity contribution in [2.75, 3.05) is 19.6 Å². The molecule has 1 heterocycles. The first-order valence-electron chi connectivity index (χ1n) is 4.73. The monoisotopic (exact) mass is 262 g/mol. The van der Waals surface area contributed by atoms with Gasteiger partial charge in [-0.15, -0.1) is 0 Å². The number of alkyl halides is 3. The molecule has 1 aliphatic heterocycles. The van der Waals surface area contributed by atoms with Gasteiger partial charge in [-0.2, -0.15) is 30.6 Å². The summed E-state index contributed by atoms with van der Waals surface area (Å²) in [6.45, 7) is -0.447. The van der Waals surface area contributed by atoms with Gasteiger partial charge in [0.25, 0.3) is 10.2 Å². The van der Waals surface area contributed by atoms with Gasteiger partial charge in [-0.3, -0.25) is 0 Å². The third-order valence-corrected chi connectivity index (χ3v) is 3.82. The van der Waals surface area contributed by atoms with Gasteiger partial charge in [-0.05, 0) is 12.8 Å². The lowest BCUT2D eigenvalue weighted by molar-refractivity contribution is -0.200. The van der Waals surface area contributed by atoms with Gasteiger partial charge in [0.05, 0.1) is 0 Å². The second-order valence-corrected chi connectivity index (χ2v) is 5.27. The number of halogens is 3. The molecular formula is C7H13F3N2O3S. The molecule has 0 radical (unpaired) electrons. The molecule has 9 heteroatoms. The Labute approximate surface area is 91.4 Å². The topological polar surface area (TPSA) is 69.6 Å². The van der Waals surface area contributed by atoms with Crippen LogP contribution in [0.2, 0.25) is 0 Å². The van der Waals surface area contributed by atoms with E-state index in [1.807, 2.05) is 0 Å². The summed E-state index contributed by atoms with van der Waals surface area (Å²) in [5.74, 6) is 0. The van der Waals surface area contributed by atoms with Crippen molar-refractivity contribution in [2.24, 2.45) is 0 Å². The Morgan fingerprint density at radius 2 is 1.81 bits per heavy atom. The molecule has 1 unspecified atom stereocenters. The van der Waals surface area contributed by atoms with Crippen LogP contribution < -0.4 is 4.72 Å². The molecule has 16 heavy (non-hydrogen) atoms. The zero-order valence-corrected chi connectivity index (χ0v) is 9.18. The van der Waals surface area contributed by atoms with Gasteiger partial charge in [-0.1, -0.05) is 0 Å². The van der Waals surface area contributed by atoms with Crippen molar-refractivity contribution in [3.63, 3.8) is 0 Å². The molecule has 0 bridgehead atoms. The Balaban J connectivity index is 2.48. The van der Waals surface area contributed by atoms with Gasteiger partial charge in [0.1, 0.15) is 0 Å². The van der Waals surface area contributed by atoms with Crippen molar-refractivity contribution >= 4 is 10.2 Å². The first-order valence-corrected chi connectivity index (χ1v) is 6.17. The van der Waals surface area contributed by atoms with Gasteiger partial charge in [-0.25, -0.2) is 0 Å². The van der Waals surface area contributed by atoms with Crippen molar-refractivity contribution < 1.29 is 26.7 Å². The lowest BCUT2D eigenvalue weighted by Crippen LogP contribution is -2.45. The summed E-state index contributed by atoms with van der Waals surface area (Å²) in [5, 5.41) is 8.62. The molecular weight excluding hydrogens is 249 g/mol. The molecule has 0 aromatic carbocycles. The molecule has 0 aromatic heterocycles. The Morgan fingerprint density at radius 3 is 2.25 bits per heavy atom. The minimum atomic E-state index is -4.81. The van der Waals surface area contributed by atoms with Crippen LogP contribution in [0.3, 0.4) is 0 Å². The van der Waals surface area contributed by atoms with Crippen LogP contribution >= 0.6 is 0 Å². The highest BCUT2D eigenvalue weighted by Gasteiger charge is 2.39. The first-order chi connectivity index (χ1) is 7.23. The van der Waals surface area contributed by atoms with Gasteiger partial charge in [0.15, 0.2) is 6.10 Å². The number of aliphatic hydroxyl groups excluding tert-OH is 1. The molecule has 1 saturated heterocycles. The third kappa shape index (κ3) is 3.58. The van der Waals surface area contributed by atoms with E-state index in [1.165, 1.54) is 0 Å². The molecule has 1 rings (SSSR count). The van der Waals surface area contributed by atoms with Crippen LogP contribution in [0.4, 0.5) is 13.2 Å². The number of nitrogens with one attached hydrogen (secondary N) is 1. The largest absolute Gasteiger partial charge is 0.415 e. The lowest BCUT2D eigenvalue weighted by atomic mass is 10.4. The van der Waals surface area contributed by atoms with E-state index in [0.29, 0.717) is 25.9 Å². The maximum atomic E-state index is 11.9. The minimum absolute atomic E-state index is 0.303. The number of rotatable bonds is 4. The maximum absolute atomic E-state index is 11.9. The van der Waals surface area contributed by atoms with Crippen molar-refractivity contribution in [1.29, 1.82) is 0 Å². The lowest BCUT2D eigenvalue weighted by Gasteiger charge is -2.19. The smallest absolute Gasteiger partial charge is 0.382 e. The highest BCUT2D eigenvalue weighted by atomic mass is 32.2. The quantitative estimate of drug-likeness (QED) is 0.739. The molecule has 0 aromatic rings. The van der Waals surface area contributed by atoms with Crippen molar-refractivity contribution in [1.82, 2.24) is 9.03 Å². The molecule has 0 spiro atoms. The van der Waals surface area contributed by atoms with E-state index in [0.717, 1.165) is 4.31 Å². The van der Waals surface area contributed by atoms with Gasteiger partial charge in [0, 0.05) is 19.6 Å². The maximum Gasteiger partial charge on any atom is 0.415 e. The van der Waals surface area contributed by atoms with E-state index in [4.69, 9.17) is 5.11 Å². The normalized spacial score (nSPS) is 21.2. The molecule has 1 fully saturated rings. The molecule has 96 valence electrons. The van der Waals surface area contributed by atoms with Crippen LogP contribution in [0.5, 0.6) is 0 Å². The molecule has 1 aliphatic rings. The van der Waals surface area contributed by atoms with Gasteiger partial charge in [0.2, 0.25) is 0 Å². The Hall–Kier alpha value is -0.380. The Morgan fingerprint density at radius 1 is 1.31 bits per heavy atom. The standard InChI is InChI=1S/C7H13F3N2O3S/c8-7(9,10)6(13)5-11-16(14,15)12-3-1-2-4-12/h6,11,13H,1-5H2. The van der Waals surface area contributed by atoms with Crippen LogP contribution in [-0.2, 0) is 10.2 Å². The second kappa shape index (κ2) is 4.86. The molecule has 0 saturated carbocycles. The molecule has 0 aliphatic carbocycles. The van der Waals surface area contributed by atoms with Crippen molar-refractivity contribution in [2.45, 2.75) is 25.1 Å².